The molecule has 1 N–H and O–H groups in total. The Labute approximate surface area is 241 Å². The third-order valence-electron chi connectivity index (χ3n) is 6.56. The van der Waals surface area contributed by atoms with Gasteiger partial charge in [-0.25, -0.2) is 13.2 Å². The molecule has 1 rings (SSSR count). The second-order valence-corrected chi connectivity index (χ2v) is 11.0. The quantitative estimate of drug-likeness (QED) is 0.175. The zero-order valence-corrected chi connectivity index (χ0v) is 26.2. The average molecular weight is 536 g/mol. The number of ether oxygens (including phenoxy) is 2. The van der Waals surface area contributed by atoms with Gasteiger partial charge in [-0.2, -0.15) is 0 Å². The van der Waals surface area contributed by atoms with Gasteiger partial charge in [-0.1, -0.05) is 64.7 Å². The molecular formula is C27H46NNaO6S. The molecule has 202 valence electrons. The van der Waals surface area contributed by atoms with E-state index in [1.165, 1.54) is 51.4 Å². The summed E-state index contributed by atoms with van der Waals surface area (Å²) in [4.78, 5) is 12.5. The van der Waals surface area contributed by atoms with E-state index in [2.05, 4.69) is 12.2 Å². The molecular weight excluding hydrogens is 489 g/mol. The monoisotopic (exact) mass is 535 g/mol. The fourth-order valence-electron chi connectivity index (χ4n) is 4.46. The fraction of sp³-hybridized carbons (Fsp3) is 0.741. The molecule has 7 nitrogen and oxygen atoms in total. The van der Waals surface area contributed by atoms with Crippen molar-refractivity contribution in [2.45, 2.75) is 111 Å². The van der Waals surface area contributed by atoms with Crippen LogP contribution in [0.2, 0.25) is 0 Å². The van der Waals surface area contributed by atoms with E-state index >= 15 is 0 Å². The summed E-state index contributed by atoms with van der Waals surface area (Å²) in [5.74, 6) is 0.301. The van der Waals surface area contributed by atoms with E-state index in [1.807, 2.05) is 26.8 Å². The second kappa shape index (κ2) is 19.3. The minimum atomic E-state index is -4.29. The van der Waals surface area contributed by atoms with Gasteiger partial charge in [-0.15, -0.1) is 0 Å². The van der Waals surface area contributed by atoms with Crippen molar-refractivity contribution in [1.82, 2.24) is 5.32 Å². The van der Waals surface area contributed by atoms with Crippen LogP contribution < -0.4 is 39.6 Å². The van der Waals surface area contributed by atoms with E-state index in [0.29, 0.717) is 6.42 Å². The Morgan fingerprint density at radius 3 is 2.03 bits per heavy atom. The van der Waals surface area contributed by atoms with Crippen molar-refractivity contribution < 1.29 is 56.8 Å². The first-order chi connectivity index (χ1) is 16.6. The SMILES string of the molecule is CCCCCCCCCCCCC(OC(=O)NCCCS(=O)(=O)[O-])c1c(C)cc(OC)c(C)c1C.[Na+]. The number of methoxy groups -OCH3 is 1. The van der Waals surface area contributed by atoms with Crippen molar-refractivity contribution in [1.29, 1.82) is 0 Å². The van der Waals surface area contributed by atoms with Crippen LogP contribution in [0.15, 0.2) is 6.07 Å². The van der Waals surface area contributed by atoms with Crippen LogP contribution in [0.25, 0.3) is 0 Å². The summed E-state index contributed by atoms with van der Waals surface area (Å²) in [6.45, 7) is 8.32. The molecule has 0 aliphatic rings. The molecule has 0 fully saturated rings. The van der Waals surface area contributed by atoms with Crippen LogP contribution in [0.3, 0.4) is 0 Å². The summed E-state index contributed by atoms with van der Waals surface area (Å²) >= 11 is 0. The maximum absolute atomic E-state index is 12.5. The normalized spacial score (nSPS) is 12.1. The summed E-state index contributed by atoms with van der Waals surface area (Å²) in [6, 6.07) is 1.98. The molecule has 1 aromatic rings. The molecule has 0 aliphatic heterocycles. The number of carbonyl (C=O) groups excluding carboxylic acids is 1. The van der Waals surface area contributed by atoms with Crippen molar-refractivity contribution in [2.24, 2.45) is 0 Å². The van der Waals surface area contributed by atoms with Crippen molar-refractivity contribution in [3.05, 3.63) is 28.3 Å². The van der Waals surface area contributed by atoms with Gasteiger partial charge in [0.2, 0.25) is 0 Å². The fourth-order valence-corrected chi connectivity index (χ4v) is 4.96. The Morgan fingerprint density at radius 1 is 0.944 bits per heavy atom. The van der Waals surface area contributed by atoms with Crippen LogP contribution >= 0.6 is 0 Å². The minimum absolute atomic E-state index is 0. The minimum Gasteiger partial charge on any atom is -0.748 e. The molecule has 0 aromatic heterocycles. The molecule has 0 saturated carbocycles. The predicted octanol–water partition coefficient (Wildman–Crippen LogP) is 3.64. The number of amides is 1. The van der Waals surface area contributed by atoms with E-state index in [4.69, 9.17) is 9.47 Å². The molecule has 0 spiro atoms. The Kier molecular flexibility index (Phi) is 18.9. The molecule has 0 aliphatic carbocycles. The molecule has 36 heavy (non-hydrogen) atoms. The average Bonchev–Trinajstić information content (AvgIpc) is 2.79. The van der Waals surface area contributed by atoms with Crippen LogP contribution in [0, 0.1) is 20.8 Å². The van der Waals surface area contributed by atoms with E-state index in [-0.39, 0.29) is 42.5 Å². The number of carbonyl (C=O) groups is 1. The van der Waals surface area contributed by atoms with E-state index in [0.717, 1.165) is 40.8 Å². The third-order valence-corrected chi connectivity index (χ3v) is 7.35. The van der Waals surface area contributed by atoms with Crippen molar-refractivity contribution >= 4 is 16.2 Å². The smallest absolute Gasteiger partial charge is 0.748 e. The summed E-state index contributed by atoms with van der Waals surface area (Å²) in [5, 5.41) is 2.58. The largest absolute Gasteiger partial charge is 1.00 e. The molecule has 1 unspecified atom stereocenters. The summed E-state index contributed by atoms with van der Waals surface area (Å²) < 4.78 is 43.6. The molecule has 0 heterocycles. The summed E-state index contributed by atoms with van der Waals surface area (Å²) in [7, 11) is -2.65. The van der Waals surface area contributed by atoms with Crippen LogP contribution in [0.5, 0.6) is 5.75 Å². The van der Waals surface area contributed by atoms with E-state index < -0.39 is 28.1 Å². The molecule has 0 bridgehead atoms. The summed E-state index contributed by atoms with van der Waals surface area (Å²) in [6.07, 6.45) is 12.1. The molecule has 0 saturated heterocycles. The van der Waals surface area contributed by atoms with Crippen molar-refractivity contribution in [2.75, 3.05) is 19.4 Å². The van der Waals surface area contributed by atoms with E-state index in [9.17, 15) is 17.8 Å². The van der Waals surface area contributed by atoms with Gasteiger partial charge >= 0.3 is 35.7 Å². The van der Waals surface area contributed by atoms with Gasteiger partial charge in [0.05, 0.1) is 17.2 Å². The molecule has 1 aromatic carbocycles. The van der Waals surface area contributed by atoms with Gasteiger partial charge in [0.1, 0.15) is 11.9 Å². The van der Waals surface area contributed by atoms with Crippen LogP contribution in [0.4, 0.5) is 4.79 Å². The Hall–Kier alpha value is -0.800. The first-order valence-corrected chi connectivity index (χ1v) is 14.7. The van der Waals surface area contributed by atoms with Gasteiger partial charge in [0.25, 0.3) is 0 Å². The number of nitrogens with one attached hydrogen (secondary N) is 1. The predicted molar refractivity (Wildman–Crippen MR) is 140 cm³/mol. The molecule has 9 heteroatoms. The number of unbranched alkanes of at least 4 members (excludes halogenated alkanes) is 9. The van der Waals surface area contributed by atoms with Gasteiger partial charge in [-0.3, -0.25) is 0 Å². The van der Waals surface area contributed by atoms with Crippen LogP contribution in [-0.4, -0.2) is 38.5 Å². The third kappa shape index (κ3) is 14.2. The van der Waals surface area contributed by atoms with Gasteiger partial charge in [0, 0.05) is 12.3 Å². The molecule has 1 atom stereocenters. The Bertz CT molecular complexity index is 876. The van der Waals surface area contributed by atoms with Gasteiger partial charge < -0.3 is 19.3 Å². The van der Waals surface area contributed by atoms with Crippen molar-refractivity contribution in [3.8, 4) is 5.75 Å². The zero-order valence-electron chi connectivity index (χ0n) is 23.4. The first kappa shape index (κ1) is 35.2. The number of benzene rings is 1. The van der Waals surface area contributed by atoms with Crippen LogP contribution in [-0.2, 0) is 14.9 Å². The molecule has 1 amide bonds. The maximum atomic E-state index is 12.5. The summed E-state index contributed by atoms with van der Waals surface area (Å²) in [5.41, 5.74) is 4.07. The van der Waals surface area contributed by atoms with Gasteiger partial charge in [-0.05, 0) is 68.4 Å². The van der Waals surface area contributed by atoms with Crippen molar-refractivity contribution in [3.63, 3.8) is 0 Å². The number of aryl methyl sites for hydroxylation is 1. The molecule has 0 radical (unpaired) electrons. The number of hydrogen-bond acceptors (Lipinski definition) is 6. The van der Waals surface area contributed by atoms with Gasteiger partial charge in [0.15, 0.2) is 0 Å². The Morgan fingerprint density at radius 2 is 1.50 bits per heavy atom. The Balaban J connectivity index is 0.0000122. The maximum Gasteiger partial charge on any atom is 1.00 e. The zero-order chi connectivity index (χ0) is 26.3. The standard InChI is InChI=1S/C27H47NO6S.Na/c1-6-7-8-9-10-11-12-13-14-15-17-24(34-27(29)28-18-16-19-35(30,31)32)26-21(2)20-25(33-5)22(3)23(26)4;/h20,24H,6-19H2,1-5H3,(H,28,29)(H,30,31,32);/q;+1/p-1. The number of alkyl carbamates (subject to hydrolysis) is 1. The topological polar surface area (TPSA) is 105 Å². The number of hydrogen-bond donors (Lipinski definition) is 1. The number of rotatable bonds is 18. The second-order valence-electron chi connectivity index (χ2n) is 9.47. The first-order valence-electron chi connectivity index (χ1n) is 13.1. The van der Waals surface area contributed by atoms with Crippen LogP contribution in [0.1, 0.15) is 112 Å². The van der Waals surface area contributed by atoms with E-state index in [1.54, 1.807) is 7.11 Å².